The number of carbonyl (C=O) groups excluding carboxylic acids is 2. The number of ether oxygens (including phenoxy) is 1. The van der Waals surface area contributed by atoms with E-state index in [0.717, 1.165) is 21.0 Å². The van der Waals surface area contributed by atoms with Crippen LogP contribution in [0.1, 0.15) is 29.5 Å². The fraction of sp³-hybridized carbons (Fsp3) is 0.333. The largest absolute Gasteiger partial charge is 0.496 e. The lowest BCUT2D eigenvalue weighted by atomic mass is 10.1. The van der Waals surface area contributed by atoms with Gasteiger partial charge in [0.05, 0.1) is 12.0 Å². The summed E-state index contributed by atoms with van der Waals surface area (Å²) in [5.41, 5.74) is 2.51. The van der Waals surface area contributed by atoms with Crippen molar-refractivity contribution < 1.29 is 22.7 Å². The van der Waals surface area contributed by atoms with Crippen LogP contribution in [0.15, 0.2) is 47.4 Å². The van der Waals surface area contributed by atoms with Gasteiger partial charge in [0.1, 0.15) is 11.8 Å². The van der Waals surface area contributed by atoms with E-state index in [1.165, 1.54) is 19.2 Å². The van der Waals surface area contributed by atoms with Crippen molar-refractivity contribution in [2.45, 2.75) is 44.2 Å². The molecule has 0 unspecified atom stereocenters. The number of aryl methyl sites for hydroxylation is 2. The minimum absolute atomic E-state index is 0.0107. The standard InChI is InChI=1S/C21H24N2O5S/c1-14-8-9-17(12-15(14)2)29(26,27)23-18(10-11-20(23)24)21(25)22-13-16-6-4-5-7-19(16)28-3/h4-9,12,18H,10-11,13H2,1-3H3,(H,22,25)/t18-/m1/s1. The highest BCUT2D eigenvalue weighted by Crippen LogP contribution is 2.28. The number of carbonyl (C=O) groups is 2. The summed E-state index contributed by atoms with van der Waals surface area (Å²) in [6.07, 6.45) is 0.164. The zero-order valence-corrected chi connectivity index (χ0v) is 17.5. The molecule has 1 aliphatic heterocycles. The Morgan fingerprint density at radius 2 is 1.90 bits per heavy atom. The molecule has 1 fully saturated rings. The Hall–Kier alpha value is -2.87. The summed E-state index contributed by atoms with van der Waals surface area (Å²) in [6, 6.07) is 10.8. The number of benzene rings is 2. The van der Waals surface area contributed by atoms with E-state index in [0.29, 0.717) is 5.75 Å². The molecule has 0 aromatic heterocycles. The van der Waals surface area contributed by atoms with Crippen LogP contribution >= 0.6 is 0 Å². The molecule has 8 heteroatoms. The molecule has 2 amide bonds. The van der Waals surface area contributed by atoms with Gasteiger partial charge in [-0.25, -0.2) is 12.7 Å². The van der Waals surface area contributed by atoms with Crippen LogP contribution in [0, 0.1) is 13.8 Å². The molecule has 29 heavy (non-hydrogen) atoms. The van der Waals surface area contributed by atoms with Crippen LogP contribution in [0.5, 0.6) is 5.75 Å². The lowest BCUT2D eigenvalue weighted by molar-refractivity contribution is -0.130. The third-order valence-corrected chi connectivity index (χ3v) is 6.97. The predicted molar refractivity (Wildman–Crippen MR) is 108 cm³/mol. The van der Waals surface area contributed by atoms with Crippen LogP contribution in [-0.2, 0) is 26.2 Å². The topological polar surface area (TPSA) is 92.8 Å². The van der Waals surface area contributed by atoms with E-state index in [2.05, 4.69) is 5.32 Å². The van der Waals surface area contributed by atoms with E-state index in [-0.39, 0.29) is 24.3 Å². The van der Waals surface area contributed by atoms with Gasteiger partial charge in [0.15, 0.2) is 0 Å². The quantitative estimate of drug-likeness (QED) is 0.780. The first-order valence-corrected chi connectivity index (χ1v) is 10.7. The highest BCUT2D eigenvalue weighted by Gasteiger charge is 2.44. The van der Waals surface area contributed by atoms with Gasteiger partial charge >= 0.3 is 0 Å². The maximum absolute atomic E-state index is 13.1. The van der Waals surface area contributed by atoms with Crippen molar-refractivity contribution in [2.24, 2.45) is 0 Å². The number of hydrogen-bond acceptors (Lipinski definition) is 5. The average molecular weight is 416 g/mol. The number of methoxy groups -OCH3 is 1. The first-order chi connectivity index (χ1) is 13.8. The Labute approximate surface area is 170 Å². The zero-order chi connectivity index (χ0) is 21.2. The van der Waals surface area contributed by atoms with Crippen molar-refractivity contribution in [2.75, 3.05) is 7.11 Å². The van der Waals surface area contributed by atoms with E-state index in [4.69, 9.17) is 4.74 Å². The third kappa shape index (κ3) is 4.12. The smallest absolute Gasteiger partial charge is 0.267 e. The molecule has 0 saturated carbocycles. The molecule has 0 aliphatic carbocycles. The molecule has 1 saturated heterocycles. The van der Waals surface area contributed by atoms with E-state index in [9.17, 15) is 18.0 Å². The number of nitrogens with zero attached hydrogens (tertiary/aromatic N) is 1. The molecular weight excluding hydrogens is 392 g/mol. The number of hydrogen-bond donors (Lipinski definition) is 1. The summed E-state index contributed by atoms with van der Waals surface area (Å²) >= 11 is 0. The lowest BCUT2D eigenvalue weighted by Gasteiger charge is -2.24. The molecule has 0 bridgehead atoms. The molecule has 2 aromatic carbocycles. The Kier molecular flexibility index (Phi) is 5.93. The monoisotopic (exact) mass is 416 g/mol. The second kappa shape index (κ2) is 8.24. The van der Waals surface area contributed by atoms with Crippen molar-refractivity contribution in [1.82, 2.24) is 9.62 Å². The van der Waals surface area contributed by atoms with Gasteiger partial charge in [-0.1, -0.05) is 24.3 Å². The summed E-state index contributed by atoms with van der Waals surface area (Å²) in [5.74, 6) is -0.454. The number of para-hydroxylation sites is 1. The van der Waals surface area contributed by atoms with Crippen molar-refractivity contribution in [3.05, 3.63) is 59.2 Å². The van der Waals surface area contributed by atoms with Crippen LogP contribution in [0.3, 0.4) is 0 Å². The average Bonchev–Trinajstić information content (AvgIpc) is 3.10. The van der Waals surface area contributed by atoms with Gasteiger partial charge in [0.2, 0.25) is 11.8 Å². The SMILES string of the molecule is COc1ccccc1CNC(=O)[C@H]1CCC(=O)N1S(=O)(=O)c1ccc(C)c(C)c1. The minimum atomic E-state index is -4.12. The van der Waals surface area contributed by atoms with Gasteiger partial charge in [-0.05, 0) is 49.6 Å². The van der Waals surface area contributed by atoms with Gasteiger partial charge in [0.25, 0.3) is 10.0 Å². The van der Waals surface area contributed by atoms with Crippen LogP contribution in [0.4, 0.5) is 0 Å². The van der Waals surface area contributed by atoms with Gasteiger partial charge in [0, 0.05) is 18.5 Å². The van der Waals surface area contributed by atoms with Crippen molar-refractivity contribution in [1.29, 1.82) is 0 Å². The van der Waals surface area contributed by atoms with Crippen molar-refractivity contribution in [3.8, 4) is 5.75 Å². The molecule has 2 aromatic rings. The molecule has 1 aliphatic rings. The van der Waals surface area contributed by atoms with E-state index < -0.39 is 27.9 Å². The number of nitrogens with one attached hydrogen (secondary N) is 1. The normalized spacial score (nSPS) is 16.7. The van der Waals surface area contributed by atoms with Crippen LogP contribution in [0.2, 0.25) is 0 Å². The van der Waals surface area contributed by atoms with E-state index in [1.54, 1.807) is 19.1 Å². The molecular formula is C21H24N2O5S. The summed E-state index contributed by atoms with van der Waals surface area (Å²) in [4.78, 5) is 25.2. The Morgan fingerprint density at radius 1 is 1.17 bits per heavy atom. The number of sulfonamides is 1. The van der Waals surface area contributed by atoms with Crippen LogP contribution in [-0.4, -0.2) is 37.7 Å². The number of rotatable bonds is 6. The lowest BCUT2D eigenvalue weighted by Crippen LogP contribution is -2.47. The number of amides is 2. The summed E-state index contributed by atoms with van der Waals surface area (Å²) < 4.78 is 32.2. The Morgan fingerprint density at radius 3 is 2.59 bits per heavy atom. The minimum Gasteiger partial charge on any atom is -0.496 e. The van der Waals surface area contributed by atoms with Gasteiger partial charge in [-0.15, -0.1) is 0 Å². The van der Waals surface area contributed by atoms with Gasteiger partial charge < -0.3 is 10.1 Å². The second-order valence-electron chi connectivity index (χ2n) is 7.02. The molecule has 154 valence electrons. The second-order valence-corrected chi connectivity index (χ2v) is 8.84. The first kappa shape index (κ1) is 20.9. The van der Waals surface area contributed by atoms with Crippen molar-refractivity contribution >= 4 is 21.8 Å². The van der Waals surface area contributed by atoms with Crippen LogP contribution < -0.4 is 10.1 Å². The fourth-order valence-electron chi connectivity index (χ4n) is 3.34. The highest BCUT2D eigenvalue weighted by molar-refractivity contribution is 7.89. The third-order valence-electron chi connectivity index (χ3n) is 5.14. The van der Waals surface area contributed by atoms with Crippen molar-refractivity contribution in [3.63, 3.8) is 0 Å². The van der Waals surface area contributed by atoms with Crippen LogP contribution in [0.25, 0.3) is 0 Å². The predicted octanol–water partition coefficient (Wildman–Crippen LogP) is 2.31. The van der Waals surface area contributed by atoms with Gasteiger partial charge in [-0.2, -0.15) is 0 Å². The molecule has 0 spiro atoms. The fourth-order valence-corrected chi connectivity index (χ4v) is 5.03. The maximum atomic E-state index is 13.1. The molecule has 3 rings (SSSR count). The molecule has 1 N–H and O–H groups in total. The summed E-state index contributed by atoms with van der Waals surface area (Å²) in [5, 5.41) is 2.73. The maximum Gasteiger partial charge on any atom is 0.267 e. The molecule has 0 radical (unpaired) electrons. The molecule has 1 atom stereocenters. The Balaban J connectivity index is 1.82. The van der Waals surface area contributed by atoms with E-state index >= 15 is 0 Å². The summed E-state index contributed by atoms with van der Waals surface area (Å²) in [6.45, 7) is 3.85. The van der Waals surface area contributed by atoms with E-state index in [1.807, 2.05) is 25.1 Å². The highest BCUT2D eigenvalue weighted by atomic mass is 32.2. The zero-order valence-electron chi connectivity index (χ0n) is 16.6. The first-order valence-electron chi connectivity index (χ1n) is 9.30. The summed E-state index contributed by atoms with van der Waals surface area (Å²) in [7, 11) is -2.58. The van der Waals surface area contributed by atoms with Gasteiger partial charge in [-0.3, -0.25) is 9.59 Å². The molecule has 1 heterocycles. The molecule has 7 nitrogen and oxygen atoms in total. The Bertz CT molecular complexity index is 1050.